The van der Waals surface area contributed by atoms with E-state index in [-0.39, 0.29) is 16.9 Å². The number of nitrogen functional groups attached to an aromatic ring is 1. The molecule has 0 unspecified atom stereocenters. The first kappa shape index (κ1) is 22.4. The van der Waals surface area contributed by atoms with Crippen LogP contribution in [0.25, 0.3) is 0 Å². The number of hydrogen-bond donors (Lipinski definition) is 4. The molecular weight excluding hydrogens is 434 g/mol. The van der Waals surface area contributed by atoms with Crippen molar-refractivity contribution < 1.29 is 29.6 Å². The van der Waals surface area contributed by atoms with Crippen LogP contribution < -0.4 is 11.4 Å². The third-order valence-corrected chi connectivity index (χ3v) is 5.46. The monoisotopic (exact) mass is 453 g/mol. The number of nitrogens with zero attached hydrogens (tertiary/aromatic N) is 4. The molecule has 0 aromatic carbocycles. The van der Waals surface area contributed by atoms with Crippen LogP contribution in [0.4, 0.5) is 5.82 Å². The Morgan fingerprint density at radius 1 is 1.09 bits per heavy atom. The normalized spacial score (nSPS) is 26.8. The Labute approximate surface area is 186 Å². The Hall–Kier alpha value is -3.84. The fourth-order valence-electron chi connectivity index (χ4n) is 3.91. The number of aromatic nitrogens is 4. The zero-order valence-electron chi connectivity index (χ0n) is 17.0. The molecule has 4 heterocycles. The van der Waals surface area contributed by atoms with Crippen LogP contribution in [-0.2, 0) is 10.5 Å². The van der Waals surface area contributed by atoms with E-state index in [9.17, 15) is 29.7 Å². The number of pyridine rings is 2. The highest BCUT2D eigenvalue weighted by Crippen LogP contribution is 2.47. The first-order chi connectivity index (χ1) is 15.8. The maximum Gasteiger partial charge on any atom is 0.352 e. The lowest BCUT2D eigenvalue weighted by Crippen LogP contribution is -2.68. The number of anilines is 1. The molecule has 0 saturated carbocycles. The van der Waals surface area contributed by atoms with E-state index in [1.807, 2.05) is 0 Å². The number of ether oxygens (including phenoxy) is 1. The SMILES string of the molecule is Nc1ccn([C@]2(C(=O)c3cccnc3)O[C@H](CO)[C@@H](O)[C@]2(O)C(=O)c2cccnc2)c(=O)n1. The highest BCUT2D eigenvalue weighted by atomic mass is 16.6. The number of aliphatic hydroxyl groups is 3. The molecule has 1 saturated heterocycles. The molecule has 3 aromatic heterocycles. The van der Waals surface area contributed by atoms with Crippen molar-refractivity contribution in [1.82, 2.24) is 19.5 Å². The molecule has 0 radical (unpaired) electrons. The van der Waals surface area contributed by atoms with Crippen molar-refractivity contribution in [3.05, 3.63) is 82.9 Å². The smallest absolute Gasteiger partial charge is 0.352 e. The minimum atomic E-state index is -3.09. The summed E-state index contributed by atoms with van der Waals surface area (Å²) in [6, 6.07) is 6.60. The van der Waals surface area contributed by atoms with Crippen LogP contribution in [0.5, 0.6) is 0 Å². The second-order valence-corrected chi connectivity index (χ2v) is 7.34. The Kier molecular flexibility index (Phi) is 5.59. The van der Waals surface area contributed by atoms with E-state index in [1.165, 1.54) is 36.7 Å². The van der Waals surface area contributed by atoms with Crippen molar-refractivity contribution in [1.29, 1.82) is 0 Å². The second-order valence-electron chi connectivity index (χ2n) is 7.34. The number of carbonyl (C=O) groups excluding carboxylic acids is 2. The van der Waals surface area contributed by atoms with Gasteiger partial charge in [0.25, 0.3) is 5.72 Å². The van der Waals surface area contributed by atoms with Crippen molar-refractivity contribution in [2.75, 3.05) is 12.3 Å². The summed E-state index contributed by atoms with van der Waals surface area (Å²) in [4.78, 5) is 51.6. The molecular formula is C21H19N5O7. The van der Waals surface area contributed by atoms with E-state index in [1.54, 1.807) is 0 Å². The van der Waals surface area contributed by atoms with Gasteiger partial charge in [-0.2, -0.15) is 4.98 Å². The number of Topliss-reactive ketones (excluding diaryl/α,β-unsaturated/α-hetero) is 2. The van der Waals surface area contributed by atoms with Crippen LogP contribution in [0.1, 0.15) is 20.7 Å². The molecule has 4 atom stereocenters. The minimum absolute atomic E-state index is 0.149. The summed E-state index contributed by atoms with van der Waals surface area (Å²) in [6.45, 7) is -0.886. The predicted octanol–water partition coefficient (Wildman–Crippen LogP) is -1.48. The fraction of sp³-hybridized carbons (Fsp3) is 0.238. The molecule has 0 bridgehead atoms. The van der Waals surface area contributed by atoms with Crippen molar-refractivity contribution in [3.63, 3.8) is 0 Å². The first-order valence-corrected chi connectivity index (χ1v) is 9.71. The summed E-state index contributed by atoms with van der Waals surface area (Å²) in [6.07, 6.45) is 2.27. The average Bonchev–Trinajstić information content (AvgIpc) is 3.07. The van der Waals surface area contributed by atoms with Gasteiger partial charge >= 0.3 is 5.69 Å². The molecule has 170 valence electrons. The molecule has 0 aliphatic carbocycles. The maximum absolute atomic E-state index is 13.9. The summed E-state index contributed by atoms with van der Waals surface area (Å²) in [5.41, 5.74) is -1.86. The lowest BCUT2D eigenvalue weighted by atomic mass is 9.76. The van der Waals surface area contributed by atoms with E-state index in [0.717, 1.165) is 24.7 Å². The number of carbonyl (C=O) groups is 2. The number of ketones is 2. The van der Waals surface area contributed by atoms with Crippen LogP contribution >= 0.6 is 0 Å². The van der Waals surface area contributed by atoms with Crippen LogP contribution in [0.15, 0.2) is 66.1 Å². The summed E-state index contributed by atoms with van der Waals surface area (Å²) < 4.78 is 6.28. The third-order valence-electron chi connectivity index (χ3n) is 5.46. The highest BCUT2D eigenvalue weighted by molar-refractivity contribution is 6.11. The van der Waals surface area contributed by atoms with Crippen molar-refractivity contribution in [2.45, 2.75) is 23.5 Å². The molecule has 33 heavy (non-hydrogen) atoms. The standard InChI is InChI=1S/C21H19N5O7/c22-15-5-8-26(19(31)25-15)21(17(29)13-4-2-7-24-10-13)20(32,18(30)14(11-27)33-21)16(28)12-3-1-6-23-9-12/h1-10,14,18,27,30,32H,11H2,(H2,22,25,31)/t14-,18-,20-,21-/m1/s1. The first-order valence-electron chi connectivity index (χ1n) is 9.71. The largest absolute Gasteiger partial charge is 0.394 e. The fourth-order valence-corrected chi connectivity index (χ4v) is 3.91. The Morgan fingerprint density at radius 3 is 2.21 bits per heavy atom. The minimum Gasteiger partial charge on any atom is -0.394 e. The van der Waals surface area contributed by atoms with Crippen LogP contribution in [0, 0.1) is 0 Å². The van der Waals surface area contributed by atoms with E-state index < -0.39 is 47.4 Å². The molecule has 12 heteroatoms. The molecule has 1 aliphatic rings. The van der Waals surface area contributed by atoms with Crippen LogP contribution in [0.2, 0.25) is 0 Å². The quantitative estimate of drug-likeness (QED) is 0.318. The molecule has 12 nitrogen and oxygen atoms in total. The van der Waals surface area contributed by atoms with Crippen LogP contribution in [0.3, 0.4) is 0 Å². The van der Waals surface area contributed by atoms with Gasteiger partial charge in [-0.05, 0) is 30.3 Å². The van der Waals surface area contributed by atoms with Crippen molar-refractivity contribution in [2.24, 2.45) is 0 Å². The van der Waals surface area contributed by atoms with Gasteiger partial charge in [0.05, 0.1) is 6.61 Å². The van der Waals surface area contributed by atoms with Gasteiger partial charge < -0.3 is 25.8 Å². The summed E-state index contributed by atoms with van der Waals surface area (Å²) in [5.74, 6) is -2.45. The topological polar surface area (TPSA) is 191 Å². The van der Waals surface area contributed by atoms with E-state index in [4.69, 9.17) is 10.5 Å². The van der Waals surface area contributed by atoms with Gasteiger partial charge in [-0.25, -0.2) is 4.79 Å². The van der Waals surface area contributed by atoms with E-state index >= 15 is 0 Å². The Bertz CT molecular complexity index is 1250. The van der Waals surface area contributed by atoms with E-state index in [2.05, 4.69) is 15.0 Å². The van der Waals surface area contributed by atoms with Crippen molar-refractivity contribution in [3.8, 4) is 0 Å². The maximum atomic E-state index is 13.9. The number of hydrogen-bond acceptors (Lipinski definition) is 11. The summed E-state index contributed by atoms with van der Waals surface area (Å²) in [5, 5.41) is 32.6. The number of rotatable bonds is 6. The summed E-state index contributed by atoms with van der Waals surface area (Å²) in [7, 11) is 0. The van der Waals surface area contributed by atoms with Gasteiger partial charge in [0.1, 0.15) is 18.0 Å². The summed E-state index contributed by atoms with van der Waals surface area (Å²) >= 11 is 0. The van der Waals surface area contributed by atoms with Crippen molar-refractivity contribution >= 4 is 17.4 Å². The van der Waals surface area contributed by atoms with Gasteiger partial charge in [-0.15, -0.1) is 0 Å². The van der Waals surface area contributed by atoms with Gasteiger partial charge in [-0.1, -0.05) is 0 Å². The van der Waals surface area contributed by atoms with E-state index in [0.29, 0.717) is 4.57 Å². The van der Waals surface area contributed by atoms with Crippen LogP contribution in [-0.4, -0.2) is 70.8 Å². The second kappa shape index (κ2) is 8.26. The zero-order valence-corrected chi connectivity index (χ0v) is 17.0. The average molecular weight is 453 g/mol. The molecule has 5 N–H and O–H groups in total. The lowest BCUT2D eigenvalue weighted by Gasteiger charge is -2.39. The molecule has 0 amide bonds. The molecule has 3 aromatic rings. The lowest BCUT2D eigenvalue weighted by molar-refractivity contribution is -0.144. The van der Waals surface area contributed by atoms with Gasteiger partial charge in [0.2, 0.25) is 17.2 Å². The predicted molar refractivity (Wildman–Crippen MR) is 111 cm³/mol. The molecule has 1 fully saturated rings. The Balaban J connectivity index is 2.07. The molecule has 0 spiro atoms. The third kappa shape index (κ3) is 3.24. The number of nitrogens with two attached hydrogens (primary N) is 1. The zero-order chi connectivity index (χ0) is 23.8. The van der Waals surface area contributed by atoms with Gasteiger partial charge in [0, 0.05) is 42.1 Å². The molecule has 4 rings (SSSR count). The number of aliphatic hydroxyl groups excluding tert-OH is 2. The molecule has 1 aliphatic heterocycles. The van der Waals surface area contributed by atoms with Gasteiger partial charge in [-0.3, -0.25) is 24.1 Å². The highest BCUT2D eigenvalue weighted by Gasteiger charge is 2.74. The Morgan fingerprint density at radius 2 is 1.70 bits per heavy atom. The van der Waals surface area contributed by atoms with Gasteiger partial charge in [0.15, 0.2) is 0 Å².